The fourth-order valence-electron chi connectivity index (χ4n) is 1.49. The van der Waals surface area contributed by atoms with Gasteiger partial charge in [-0.05, 0) is 55.8 Å². The van der Waals surface area contributed by atoms with E-state index >= 15 is 0 Å². The van der Waals surface area contributed by atoms with Gasteiger partial charge in [0.1, 0.15) is 6.10 Å². The summed E-state index contributed by atoms with van der Waals surface area (Å²) in [4.78, 5) is 10.9. The van der Waals surface area contributed by atoms with Crippen LogP contribution >= 0.6 is 15.9 Å². The van der Waals surface area contributed by atoms with E-state index in [1.54, 1.807) is 6.34 Å². The van der Waals surface area contributed by atoms with Gasteiger partial charge in [0, 0.05) is 13.6 Å². The van der Waals surface area contributed by atoms with Crippen LogP contribution in [-0.2, 0) is 0 Å². The molecule has 1 aromatic rings. The first-order valence-corrected chi connectivity index (χ1v) is 7.48. The van der Waals surface area contributed by atoms with Crippen LogP contribution in [0.4, 0.5) is 5.69 Å². The quantitative estimate of drug-likeness (QED) is 0.444. The summed E-state index contributed by atoms with van der Waals surface area (Å²) in [6, 6.07) is 1.93. The van der Waals surface area contributed by atoms with E-state index in [2.05, 4.69) is 32.8 Å². The van der Waals surface area contributed by atoms with E-state index in [9.17, 15) is 0 Å². The van der Waals surface area contributed by atoms with Crippen LogP contribution in [0.3, 0.4) is 0 Å². The van der Waals surface area contributed by atoms with Crippen molar-refractivity contribution in [2.45, 2.75) is 33.8 Å². The second-order valence-electron chi connectivity index (χ2n) is 4.55. The Hall–Kier alpha value is -1.36. The minimum absolute atomic E-state index is 0.0104. The van der Waals surface area contributed by atoms with Gasteiger partial charge in [-0.2, -0.15) is 0 Å². The van der Waals surface area contributed by atoms with Gasteiger partial charge in [-0.25, -0.2) is 9.98 Å². The van der Waals surface area contributed by atoms with E-state index in [1.807, 2.05) is 50.9 Å². The Labute approximate surface area is 129 Å². The van der Waals surface area contributed by atoms with Crippen LogP contribution in [0, 0.1) is 6.92 Å². The molecule has 1 aromatic heterocycles. The third kappa shape index (κ3) is 4.96. The lowest BCUT2D eigenvalue weighted by molar-refractivity contribution is 0.256. The smallest absolute Gasteiger partial charge is 0.228 e. The van der Waals surface area contributed by atoms with Crippen molar-refractivity contribution in [3.05, 3.63) is 28.4 Å². The maximum atomic E-state index is 5.76. The van der Waals surface area contributed by atoms with Gasteiger partial charge in [-0.3, -0.25) is 0 Å². The van der Waals surface area contributed by atoms with E-state index in [-0.39, 0.29) is 6.10 Å². The largest absolute Gasteiger partial charge is 0.470 e. The Bertz CT molecular complexity index is 500. The summed E-state index contributed by atoms with van der Waals surface area (Å²) in [5.74, 6) is 0.593. The van der Waals surface area contributed by atoms with E-state index in [0.717, 1.165) is 22.4 Å². The molecule has 0 fully saturated rings. The molecule has 110 valence electrons. The van der Waals surface area contributed by atoms with Crippen molar-refractivity contribution in [3.63, 3.8) is 0 Å². The highest BCUT2D eigenvalue weighted by Gasteiger charge is 2.10. The fourth-order valence-corrected chi connectivity index (χ4v) is 1.89. The normalized spacial score (nSPS) is 13.1. The van der Waals surface area contributed by atoms with Crippen molar-refractivity contribution in [3.8, 4) is 5.88 Å². The summed E-state index contributed by atoms with van der Waals surface area (Å²) in [5.41, 5.74) is 1.68. The predicted octanol–water partition coefficient (Wildman–Crippen LogP) is 4.11. The van der Waals surface area contributed by atoms with Gasteiger partial charge in [-0.15, -0.1) is 0 Å². The van der Waals surface area contributed by atoms with Crippen molar-refractivity contribution in [2.75, 3.05) is 13.6 Å². The number of halogens is 1. The monoisotopic (exact) mass is 339 g/mol. The molecule has 0 aromatic carbocycles. The van der Waals surface area contributed by atoms with Gasteiger partial charge in [-0.1, -0.05) is 6.08 Å². The topological polar surface area (TPSA) is 37.7 Å². The van der Waals surface area contributed by atoms with Crippen LogP contribution in [0.2, 0.25) is 0 Å². The molecule has 5 heteroatoms. The third-order valence-corrected chi connectivity index (χ3v) is 3.33. The molecule has 0 aliphatic heterocycles. The van der Waals surface area contributed by atoms with E-state index in [0.29, 0.717) is 5.88 Å². The number of allylic oxidation sites excluding steroid dienone is 1. The number of ether oxygens (including phenoxy) is 1. The summed E-state index contributed by atoms with van der Waals surface area (Å²) in [6.45, 7) is 8.87. The van der Waals surface area contributed by atoms with Crippen LogP contribution < -0.4 is 4.74 Å². The molecular weight excluding hydrogens is 318 g/mol. The minimum atomic E-state index is -0.0104. The van der Waals surface area contributed by atoms with Gasteiger partial charge < -0.3 is 9.64 Å². The summed E-state index contributed by atoms with van der Waals surface area (Å²) >= 11 is 3.49. The van der Waals surface area contributed by atoms with Gasteiger partial charge in [0.25, 0.3) is 0 Å². The molecule has 0 radical (unpaired) electrons. The molecule has 0 saturated heterocycles. The Balaban J connectivity index is 2.94. The summed E-state index contributed by atoms with van der Waals surface area (Å²) < 4.78 is 6.57. The van der Waals surface area contributed by atoms with Gasteiger partial charge in [0.15, 0.2) is 0 Å². The van der Waals surface area contributed by atoms with Crippen LogP contribution in [0.15, 0.2) is 27.7 Å². The molecule has 0 bridgehead atoms. The first-order valence-electron chi connectivity index (χ1n) is 6.69. The number of hydrogen-bond acceptors (Lipinski definition) is 3. The Morgan fingerprint density at radius 2 is 2.25 bits per heavy atom. The first-order chi connectivity index (χ1) is 9.47. The number of rotatable bonds is 6. The number of nitrogens with zero attached hydrogens (tertiary/aromatic N) is 3. The summed E-state index contributed by atoms with van der Waals surface area (Å²) in [6.07, 6.45) is 5.74. The van der Waals surface area contributed by atoms with Gasteiger partial charge >= 0.3 is 0 Å². The lowest BCUT2D eigenvalue weighted by atomic mass is 10.3. The van der Waals surface area contributed by atoms with Crippen LogP contribution in [0.5, 0.6) is 5.88 Å². The highest BCUT2D eigenvalue weighted by molar-refractivity contribution is 9.10. The van der Waals surface area contributed by atoms with E-state index in [4.69, 9.17) is 4.74 Å². The highest BCUT2D eigenvalue weighted by Crippen LogP contribution is 2.30. The Morgan fingerprint density at radius 3 is 2.85 bits per heavy atom. The molecule has 0 spiro atoms. The van der Waals surface area contributed by atoms with Gasteiger partial charge in [0.05, 0.1) is 22.2 Å². The standard InChI is InChI=1S/C15H22BrN3O/c1-6-8-11(3)20-15-13(16)9-14(12(4)18-15)17-10-19(5)7-2/h6,8-11H,7H2,1-5H3/b8-6+,17-10+. The number of pyridine rings is 1. The molecular formula is C15H22BrN3O. The maximum Gasteiger partial charge on any atom is 0.228 e. The summed E-state index contributed by atoms with van der Waals surface area (Å²) in [5, 5.41) is 0. The van der Waals surface area contributed by atoms with E-state index in [1.165, 1.54) is 0 Å². The minimum Gasteiger partial charge on any atom is -0.470 e. The number of aliphatic imine (C=N–C) groups is 1. The zero-order valence-electron chi connectivity index (χ0n) is 12.7. The predicted molar refractivity (Wildman–Crippen MR) is 88.0 cm³/mol. The molecule has 4 nitrogen and oxygen atoms in total. The van der Waals surface area contributed by atoms with Crippen molar-refractivity contribution >= 4 is 28.0 Å². The zero-order chi connectivity index (χ0) is 15.1. The van der Waals surface area contributed by atoms with Crippen LogP contribution in [-0.4, -0.2) is 35.9 Å². The SMILES string of the molecule is C/C=C/C(C)Oc1nc(C)c(/N=C/N(C)CC)cc1Br. The van der Waals surface area contributed by atoms with Crippen molar-refractivity contribution in [1.82, 2.24) is 9.88 Å². The Kier molecular flexibility index (Phi) is 6.71. The molecule has 1 unspecified atom stereocenters. The lowest BCUT2D eigenvalue weighted by Crippen LogP contribution is -2.14. The summed E-state index contributed by atoms with van der Waals surface area (Å²) in [7, 11) is 1.98. The van der Waals surface area contributed by atoms with Crippen LogP contribution in [0.25, 0.3) is 0 Å². The van der Waals surface area contributed by atoms with Crippen LogP contribution in [0.1, 0.15) is 26.5 Å². The molecule has 1 atom stereocenters. The second kappa shape index (κ2) is 8.04. The molecule has 0 saturated carbocycles. The second-order valence-corrected chi connectivity index (χ2v) is 5.40. The fraction of sp³-hybridized carbons (Fsp3) is 0.467. The van der Waals surface area contributed by atoms with Crippen molar-refractivity contribution < 1.29 is 4.74 Å². The number of aryl methyl sites for hydroxylation is 1. The molecule has 0 aliphatic carbocycles. The van der Waals surface area contributed by atoms with Crippen molar-refractivity contribution in [1.29, 1.82) is 0 Å². The van der Waals surface area contributed by atoms with Crippen molar-refractivity contribution in [2.24, 2.45) is 4.99 Å². The van der Waals surface area contributed by atoms with Gasteiger partial charge in [0.2, 0.25) is 5.88 Å². The molecule has 20 heavy (non-hydrogen) atoms. The lowest BCUT2D eigenvalue weighted by Gasteiger charge is -2.13. The average molecular weight is 340 g/mol. The molecule has 0 N–H and O–H groups in total. The highest BCUT2D eigenvalue weighted by atomic mass is 79.9. The number of hydrogen-bond donors (Lipinski definition) is 0. The maximum absolute atomic E-state index is 5.76. The Morgan fingerprint density at radius 1 is 1.55 bits per heavy atom. The zero-order valence-corrected chi connectivity index (χ0v) is 14.3. The first kappa shape index (κ1) is 16.7. The van der Waals surface area contributed by atoms with E-state index < -0.39 is 0 Å². The number of aromatic nitrogens is 1. The molecule has 0 amide bonds. The molecule has 1 rings (SSSR count). The molecule has 1 heterocycles. The average Bonchev–Trinajstić information content (AvgIpc) is 2.40. The third-order valence-electron chi connectivity index (χ3n) is 2.76. The molecule has 0 aliphatic rings.